The Kier molecular flexibility index (Phi) is 5.94. The molecule has 3 aromatic rings. The first-order valence-electron chi connectivity index (χ1n) is 9.97. The molecule has 1 aliphatic rings. The number of thiazole rings is 1. The van der Waals surface area contributed by atoms with E-state index in [1.165, 1.54) is 0 Å². The summed E-state index contributed by atoms with van der Waals surface area (Å²) in [6.07, 6.45) is 0. The normalized spacial score (nSPS) is 16.9. The summed E-state index contributed by atoms with van der Waals surface area (Å²) in [7, 11) is 1.87. The summed E-state index contributed by atoms with van der Waals surface area (Å²) >= 11 is 1.65. The van der Waals surface area contributed by atoms with Crippen molar-refractivity contribution in [3.05, 3.63) is 46.8 Å². The number of aryl methyl sites for hydroxylation is 1. The first-order chi connectivity index (χ1) is 14.0. The molecule has 29 heavy (non-hydrogen) atoms. The van der Waals surface area contributed by atoms with Gasteiger partial charge in [0.05, 0.1) is 28.5 Å². The Bertz CT molecular complexity index is 943. The van der Waals surface area contributed by atoms with Gasteiger partial charge >= 0.3 is 0 Å². The van der Waals surface area contributed by atoms with Crippen LogP contribution in [0.3, 0.4) is 0 Å². The van der Waals surface area contributed by atoms with Gasteiger partial charge in [0.25, 0.3) is 0 Å². The van der Waals surface area contributed by atoms with Crippen molar-refractivity contribution < 1.29 is 9.32 Å². The smallest absolute Gasteiger partial charge is 0.239 e. The number of benzene rings is 1. The van der Waals surface area contributed by atoms with Crippen LogP contribution in [0.2, 0.25) is 0 Å². The summed E-state index contributed by atoms with van der Waals surface area (Å²) < 4.78 is 6.31. The topological polar surface area (TPSA) is 65.7 Å². The lowest BCUT2D eigenvalue weighted by atomic mass is 10.2. The highest BCUT2D eigenvalue weighted by atomic mass is 32.1. The lowest BCUT2D eigenvalue weighted by molar-refractivity contribution is -0.136. The molecule has 0 spiro atoms. The van der Waals surface area contributed by atoms with Gasteiger partial charge in [-0.3, -0.25) is 14.6 Å². The maximum absolute atomic E-state index is 13.0. The zero-order chi connectivity index (χ0) is 20.4. The van der Waals surface area contributed by atoms with E-state index in [0.717, 1.165) is 59.4 Å². The molecule has 1 unspecified atom stereocenters. The van der Waals surface area contributed by atoms with Gasteiger partial charge in [0.2, 0.25) is 5.91 Å². The molecular formula is C21H27N5O2S. The second-order valence-electron chi connectivity index (χ2n) is 7.69. The number of likely N-dealkylation sites (N-methyl/N-ethyl adjacent to an activating group) is 1. The molecule has 0 aliphatic carbocycles. The van der Waals surface area contributed by atoms with Gasteiger partial charge in [-0.15, -0.1) is 11.3 Å². The van der Waals surface area contributed by atoms with Gasteiger partial charge < -0.3 is 9.42 Å². The Morgan fingerprint density at radius 1 is 1.28 bits per heavy atom. The summed E-state index contributed by atoms with van der Waals surface area (Å²) in [5.74, 6) is 0.985. The molecule has 7 nitrogen and oxygen atoms in total. The zero-order valence-corrected chi connectivity index (χ0v) is 18.0. The van der Waals surface area contributed by atoms with Crippen LogP contribution in [0, 0.1) is 6.92 Å². The molecule has 0 saturated carbocycles. The van der Waals surface area contributed by atoms with E-state index in [0.29, 0.717) is 6.54 Å². The maximum Gasteiger partial charge on any atom is 0.239 e. The molecule has 1 aromatic carbocycles. The third kappa shape index (κ3) is 4.66. The highest BCUT2D eigenvalue weighted by Crippen LogP contribution is 2.22. The Morgan fingerprint density at radius 3 is 2.72 bits per heavy atom. The van der Waals surface area contributed by atoms with Crippen molar-refractivity contribution in [1.29, 1.82) is 0 Å². The van der Waals surface area contributed by atoms with E-state index in [1.54, 1.807) is 16.2 Å². The first-order valence-corrected chi connectivity index (χ1v) is 10.8. The molecule has 1 atom stereocenters. The number of para-hydroxylation sites is 1. The highest BCUT2D eigenvalue weighted by Gasteiger charge is 2.28. The number of carbonyl (C=O) groups excluding carboxylic acids is 1. The largest absolute Gasteiger partial charge is 0.361 e. The lowest BCUT2D eigenvalue weighted by Crippen LogP contribution is -2.53. The van der Waals surface area contributed by atoms with E-state index in [2.05, 4.69) is 26.0 Å². The Morgan fingerprint density at radius 2 is 2.03 bits per heavy atom. The Labute approximate surface area is 174 Å². The SMILES string of the molecule is Cc1cc(CN2CCN(C(C)C(=O)N(C)Cc3nc4ccccc4s3)CC2)no1. The number of fused-ring (bicyclic) bond motifs is 1. The molecule has 2 aromatic heterocycles. The molecule has 3 heterocycles. The maximum atomic E-state index is 13.0. The third-order valence-electron chi connectivity index (χ3n) is 5.46. The second kappa shape index (κ2) is 8.61. The van der Waals surface area contributed by atoms with Crippen LogP contribution in [0.15, 0.2) is 34.9 Å². The van der Waals surface area contributed by atoms with Gasteiger partial charge in [0.1, 0.15) is 10.8 Å². The third-order valence-corrected chi connectivity index (χ3v) is 6.48. The number of rotatable bonds is 6. The monoisotopic (exact) mass is 413 g/mol. The van der Waals surface area contributed by atoms with Crippen molar-refractivity contribution in [3.8, 4) is 0 Å². The van der Waals surface area contributed by atoms with Crippen molar-refractivity contribution in [2.75, 3.05) is 33.2 Å². The lowest BCUT2D eigenvalue weighted by Gasteiger charge is -2.38. The van der Waals surface area contributed by atoms with E-state index in [1.807, 2.05) is 45.2 Å². The summed E-state index contributed by atoms with van der Waals surface area (Å²) in [5.41, 5.74) is 1.97. The summed E-state index contributed by atoms with van der Waals surface area (Å²) in [6.45, 7) is 8.85. The number of carbonyl (C=O) groups is 1. The van der Waals surface area contributed by atoms with Crippen LogP contribution in [-0.4, -0.2) is 70.0 Å². The van der Waals surface area contributed by atoms with Crippen molar-refractivity contribution in [2.24, 2.45) is 0 Å². The van der Waals surface area contributed by atoms with E-state index >= 15 is 0 Å². The van der Waals surface area contributed by atoms with Crippen LogP contribution in [0.5, 0.6) is 0 Å². The van der Waals surface area contributed by atoms with E-state index < -0.39 is 0 Å². The average molecular weight is 414 g/mol. The molecule has 154 valence electrons. The quantitative estimate of drug-likeness (QED) is 0.619. The van der Waals surface area contributed by atoms with Crippen LogP contribution in [0.1, 0.15) is 23.4 Å². The van der Waals surface area contributed by atoms with E-state index in [9.17, 15) is 4.79 Å². The fraction of sp³-hybridized carbons (Fsp3) is 0.476. The van der Waals surface area contributed by atoms with E-state index in [4.69, 9.17) is 4.52 Å². The summed E-state index contributed by atoms with van der Waals surface area (Å²) in [6, 6.07) is 9.94. The first kappa shape index (κ1) is 20.0. The predicted molar refractivity (Wildman–Crippen MR) is 114 cm³/mol. The van der Waals surface area contributed by atoms with Crippen LogP contribution in [-0.2, 0) is 17.9 Å². The molecule has 1 saturated heterocycles. The average Bonchev–Trinajstić information content (AvgIpc) is 3.32. The fourth-order valence-electron chi connectivity index (χ4n) is 3.77. The fourth-order valence-corrected chi connectivity index (χ4v) is 4.79. The van der Waals surface area contributed by atoms with Crippen molar-refractivity contribution in [1.82, 2.24) is 24.8 Å². The molecule has 0 radical (unpaired) electrons. The molecule has 0 N–H and O–H groups in total. The molecule has 1 fully saturated rings. The Hall–Kier alpha value is -2.29. The minimum absolute atomic E-state index is 0.133. The van der Waals surface area contributed by atoms with Gasteiger partial charge in [-0.05, 0) is 26.0 Å². The van der Waals surface area contributed by atoms with Crippen molar-refractivity contribution >= 4 is 27.5 Å². The number of hydrogen-bond acceptors (Lipinski definition) is 7. The standard InChI is InChI=1S/C21H27N5O2S/c1-15-12-17(23-28-15)13-25-8-10-26(11-9-25)16(2)21(27)24(3)14-20-22-18-6-4-5-7-19(18)29-20/h4-7,12,16H,8-11,13-14H2,1-3H3. The van der Waals surface area contributed by atoms with Crippen molar-refractivity contribution in [2.45, 2.75) is 33.0 Å². The van der Waals surface area contributed by atoms with Gasteiger partial charge in [-0.25, -0.2) is 4.98 Å². The summed E-state index contributed by atoms with van der Waals surface area (Å²) in [4.78, 5) is 24.0. The number of aromatic nitrogens is 2. The molecule has 4 rings (SSSR count). The van der Waals surface area contributed by atoms with Crippen molar-refractivity contribution in [3.63, 3.8) is 0 Å². The van der Waals surface area contributed by atoms with Crippen LogP contribution < -0.4 is 0 Å². The minimum Gasteiger partial charge on any atom is -0.361 e. The predicted octanol–water partition coefficient (Wildman–Crippen LogP) is 2.76. The minimum atomic E-state index is -0.133. The highest BCUT2D eigenvalue weighted by molar-refractivity contribution is 7.18. The van der Waals surface area contributed by atoms with Crippen LogP contribution in [0.4, 0.5) is 0 Å². The zero-order valence-electron chi connectivity index (χ0n) is 17.2. The number of nitrogens with zero attached hydrogens (tertiary/aromatic N) is 5. The second-order valence-corrected chi connectivity index (χ2v) is 8.80. The number of piperazine rings is 1. The molecular weight excluding hydrogens is 386 g/mol. The molecule has 1 aliphatic heterocycles. The number of amides is 1. The van der Waals surface area contributed by atoms with Gasteiger partial charge in [0, 0.05) is 45.8 Å². The van der Waals surface area contributed by atoms with Crippen LogP contribution in [0.25, 0.3) is 10.2 Å². The summed E-state index contributed by atoms with van der Waals surface area (Å²) in [5, 5.41) is 5.05. The van der Waals surface area contributed by atoms with Gasteiger partial charge in [-0.1, -0.05) is 17.3 Å². The van der Waals surface area contributed by atoms with E-state index in [-0.39, 0.29) is 11.9 Å². The molecule has 1 amide bonds. The van der Waals surface area contributed by atoms with Gasteiger partial charge in [-0.2, -0.15) is 0 Å². The Balaban J connectivity index is 1.29. The number of hydrogen-bond donors (Lipinski definition) is 0. The van der Waals surface area contributed by atoms with Gasteiger partial charge in [0.15, 0.2) is 0 Å². The van der Waals surface area contributed by atoms with Crippen LogP contribution >= 0.6 is 11.3 Å². The molecule has 8 heteroatoms. The molecule has 0 bridgehead atoms.